The minimum Gasteiger partial charge on any atom is -0.502 e. The van der Waals surface area contributed by atoms with Crippen LogP contribution < -0.4 is 14.3 Å². The molecule has 1 aromatic heterocycles. The number of aromatic nitrogens is 1. The van der Waals surface area contributed by atoms with Gasteiger partial charge in [-0.2, -0.15) is 0 Å². The Hall–Kier alpha value is -2.99. The van der Waals surface area contributed by atoms with E-state index < -0.39 is 36.2 Å². The number of carboxylic acids is 1. The molecule has 35 heavy (non-hydrogen) atoms. The number of nitrogens with one attached hydrogen (secondary N) is 1. The lowest BCUT2D eigenvalue weighted by Gasteiger charge is -2.43. The zero-order valence-corrected chi connectivity index (χ0v) is 20.4. The molecule has 0 radical (unpaired) electrons. The highest BCUT2D eigenvalue weighted by molar-refractivity contribution is 8.00. The van der Waals surface area contributed by atoms with Crippen LogP contribution in [0.25, 0.3) is 0 Å². The number of amides is 2. The number of carbonyl (C=O) groups excluding carboxylic acids is 2. The van der Waals surface area contributed by atoms with Crippen LogP contribution in [0.1, 0.15) is 22.8 Å². The Labute approximate surface area is 207 Å². The fraction of sp³-hybridized carbons (Fsp3) is 0.478. The van der Waals surface area contributed by atoms with E-state index in [4.69, 9.17) is 9.47 Å². The van der Waals surface area contributed by atoms with Crippen molar-refractivity contribution in [1.82, 2.24) is 9.88 Å². The molecule has 12 heteroatoms. The van der Waals surface area contributed by atoms with Gasteiger partial charge in [0.15, 0.2) is 11.5 Å². The predicted molar refractivity (Wildman–Crippen MR) is 124 cm³/mol. The summed E-state index contributed by atoms with van der Waals surface area (Å²) in [4.78, 5) is 54.5. The molecule has 10 nitrogen and oxygen atoms in total. The van der Waals surface area contributed by atoms with Crippen molar-refractivity contribution in [3.05, 3.63) is 32.2 Å². The summed E-state index contributed by atoms with van der Waals surface area (Å²) in [5.74, 6) is -3.36. The van der Waals surface area contributed by atoms with Gasteiger partial charge in [0.05, 0.1) is 31.1 Å². The van der Waals surface area contributed by atoms with Gasteiger partial charge in [0.2, 0.25) is 17.6 Å². The number of carbonyl (C=O) groups is 3. The van der Waals surface area contributed by atoms with Crippen molar-refractivity contribution in [2.45, 2.75) is 22.6 Å². The van der Waals surface area contributed by atoms with E-state index in [1.807, 2.05) is 0 Å². The number of thioether (sulfide) groups is 1. The molecule has 1 aromatic carbocycles. The van der Waals surface area contributed by atoms with Gasteiger partial charge in [-0.1, -0.05) is 11.3 Å². The van der Waals surface area contributed by atoms with Crippen molar-refractivity contribution in [3.63, 3.8) is 0 Å². The standard InChI is InChI=1S/C23H22N2O8S2/c1-32-10-3-7(4-11(33-2)17(10)28)13-14-8-5-9(18(14)34-20-19(13)35-23(31)24-20)16-15(8)21(29)25(22(16)30)6-12(26)27/h3-4,8-9,13-16,18,28H,5-6H2,1-2H3,(H,24,31)(H,26,27)/t8-,9+,13+,14-,15+,16-,18-/m1/s1. The molecule has 3 heterocycles. The van der Waals surface area contributed by atoms with E-state index in [9.17, 15) is 29.4 Å². The third-order valence-corrected chi connectivity index (χ3v) is 10.6. The van der Waals surface area contributed by atoms with E-state index in [0.29, 0.717) is 6.42 Å². The molecule has 2 saturated carbocycles. The van der Waals surface area contributed by atoms with E-state index in [1.165, 1.54) is 14.2 Å². The maximum atomic E-state index is 13.2. The molecule has 2 bridgehead atoms. The highest BCUT2D eigenvalue weighted by atomic mass is 32.2. The lowest BCUT2D eigenvalue weighted by molar-refractivity contribution is -0.149. The van der Waals surface area contributed by atoms with Crippen LogP contribution in [0.15, 0.2) is 22.0 Å². The molecule has 0 unspecified atom stereocenters. The van der Waals surface area contributed by atoms with Crippen LogP contribution in [0.2, 0.25) is 0 Å². The van der Waals surface area contributed by atoms with Gasteiger partial charge in [0.1, 0.15) is 6.54 Å². The van der Waals surface area contributed by atoms with Crippen LogP contribution in [-0.4, -0.2) is 63.9 Å². The van der Waals surface area contributed by atoms with Crippen LogP contribution in [-0.2, 0) is 14.4 Å². The highest BCUT2D eigenvalue weighted by Gasteiger charge is 2.69. The van der Waals surface area contributed by atoms with Crippen LogP contribution in [0.4, 0.5) is 0 Å². The van der Waals surface area contributed by atoms with Crippen molar-refractivity contribution in [3.8, 4) is 17.2 Å². The highest BCUT2D eigenvalue weighted by Crippen LogP contribution is 2.68. The van der Waals surface area contributed by atoms with Crippen molar-refractivity contribution in [1.29, 1.82) is 0 Å². The van der Waals surface area contributed by atoms with Crippen molar-refractivity contribution < 1.29 is 34.1 Å². The number of H-pyrrole nitrogens is 1. The Kier molecular flexibility index (Phi) is 4.98. The van der Waals surface area contributed by atoms with Crippen LogP contribution in [0.5, 0.6) is 17.2 Å². The van der Waals surface area contributed by atoms with E-state index in [-0.39, 0.29) is 51.0 Å². The predicted octanol–water partition coefficient (Wildman–Crippen LogP) is 1.72. The number of hydrogen-bond donors (Lipinski definition) is 3. The first-order valence-corrected chi connectivity index (χ1v) is 12.9. The summed E-state index contributed by atoms with van der Waals surface area (Å²) in [6, 6.07) is 3.46. The number of likely N-dealkylation sites (tertiary alicyclic amines) is 1. The van der Waals surface area contributed by atoms with Gasteiger partial charge in [0, 0.05) is 16.0 Å². The fourth-order valence-electron chi connectivity index (χ4n) is 6.84. The van der Waals surface area contributed by atoms with E-state index >= 15 is 0 Å². The number of carboxylic acid groups (broad SMARTS) is 1. The van der Waals surface area contributed by atoms with Gasteiger partial charge in [-0.25, -0.2) is 0 Å². The second kappa shape index (κ2) is 7.76. The van der Waals surface area contributed by atoms with Gasteiger partial charge in [-0.3, -0.25) is 24.1 Å². The first-order chi connectivity index (χ1) is 16.7. The SMILES string of the molecule is COc1cc([C@@H]2c3sc(=O)[nH]c3S[C@@H]3[C@H]4C[C@@H]([C@@H]5C(=O)N(CC(=O)O)C(=O)[C@H]45)[C@H]23)cc(OC)c1O. The second-order valence-electron chi connectivity index (χ2n) is 9.39. The van der Waals surface area contributed by atoms with Crippen molar-refractivity contribution in [2.75, 3.05) is 20.8 Å². The maximum Gasteiger partial charge on any atom is 0.323 e. The Morgan fingerprint density at radius 2 is 1.74 bits per heavy atom. The Balaban J connectivity index is 1.48. The first-order valence-electron chi connectivity index (χ1n) is 11.2. The molecule has 2 aliphatic heterocycles. The summed E-state index contributed by atoms with van der Waals surface area (Å²) in [6.07, 6.45) is 0.693. The van der Waals surface area contributed by atoms with Crippen LogP contribution in [0.3, 0.4) is 0 Å². The first kappa shape index (κ1) is 22.5. The molecule has 2 aliphatic carbocycles. The number of imide groups is 1. The van der Waals surface area contributed by atoms with Gasteiger partial charge in [-0.05, 0) is 41.9 Å². The number of nitrogens with zero attached hydrogens (tertiary/aromatic N) is 1. The smallest absolute Gasteiger partial charge is 0.323 e. The number of phenols is 1. The molecule has 6 rings (SSSR count). The summed E-state index contributed by atoms with van der Waals surface area (Å²) in [5.41, 5.74) is 0.784. The number of thiazole rings is 1. The average Bonchev–Trinajstić information content (AvgIpc) is 3.55. The number of aromatic amines is 1. The number of hydrogen-bond acceptors (Lipinski definition) is 9. The van der Waals surface area contributed by atoms with Crippen LogP contribution >= 0.6 is 23.1 Å². The molecule has 4 aliphatic rings. The van der Waals surface area contributed by atoms with Gasteiger partial charge in [0.25, 0.3) is 0 Å². The Morgan fingerprint density at radius 1 is 1.11 bits per heavy atom. The summed E-state index contributed by atoms with van der Waals surface area (Å²) >= 11 is 2.66. The molecule has 3 fully saturated rings. The molecule has 184 valence electrons. The number of aromatic hydroxyl groups is 1. The fourth-order valence-corrected chi connectivity index (χ4v) is 9.73. The number of benzene rings is 1. The summed E-state index contributed by atoms with van der Waals surface area (Å²) in [6.45, 7) is -0.622. The molecular weight excluding hydrogens is 496 g/mol. The van der Waals surface area contributed by atoms with Crippen molar-refractivity contribution >= 4 is 40.9 Å². The number of aliphatic carboxylic acids is 1. The number of fused-ring (bicyclic) bond motifs is 9. The van der Waals surface area contributed by atoms with E-state index in [0.717, 1.165) is 31.7 Å². The second-order valence-corrected chi connectivity index (χ2v) is 11.6. The maximum absolute atomic E-state index is 13.2. The molecule has 7 atom stereocenters. The van der Waals surface area contributed by atoms with Gasteiger partial charge >= 0.3 is 10.8 Å². The van der Waals surface area contributed by atoms with Gasteiger partial charge < -0.3 is 24.7 Å². The third kappa shape index (κ3) is 3.02. The lowest BCUT2D eigenvalue weighted by atomic mass is 9.68. The number of phenolic OH excluding ortho intramolecular Hbond substituents is 1. The molecule has 2 aromatic rings. The minimum absolute atomic E-state index is 0.0312. The largest absolute Gasteiger partial charge is 0.502 e. The number of rotatable bonds is 5. The molecule has 0 spiro atoms. The Morgan fingerprint density at radius 3 is 2.34 bits per heavy atom. The summed E-state index contributed by atoms with van der Waals surface area (Å²) in [7, 11) is 2.89. The zero-order chi connectivity index (χ0) is 24.8. The number of methoxy groups -OCH3 is 2. The molecule has 2 amide bonds. The van der Waals surface area contributed by atoms with E-state index in [2.05, 4.69) is 4.98 Å². The van der Waals surface area contributed by atoms with E-state index in [1.54, 1.807) is 23.9 Å². The molecule has 3 N–H and O–H groups in total. The summed E-state index contributed by atoms with van der Waals surface area (Å²) < 4.78 is 10.7. The number of ether oxygens (including phenoxy) is 2. The van der Waals surface area contributed by atoms with Crippen LogP contribution in [0, 0.1) is 29.6 Å². The average molecular weight is 519 g/mol. The summed E-state index contributed by atoms with van der Waals surface area (Å²) in [5, 5.41) is 20.4. The quantitative estimate of drug-likeness (QED) is 0.504. The molecular formula is C23H22N2O8S2. The van der Waals surface area contributed by atoms with Gasteiger partial charge in [-0.15, -0.1) is 11.8 Å². The topological polar surface area (TPSA) is 146 Å². The minimum atomic E-state index is -1.22. The normalized spacial score (nSPS) is 32.4. The third-order valence-electron chi connectivity index (χ3n) is 7.97. The Bertz CT molecular complexity index is 1310. The monoisotopic (exact) mass is 518 g/mol. The zero-order valence-electron chi connectivity index (χ0n) is 18.7. The van der Waals surface area contributed by atoms with Crippen molar-refractivity contribution in [2.24, 2.45) is 29.6 Å². The lowest BCUT2D eigenvalue weighted by Crippen LogP contribution is -2.42. The molecule has 1 saturated heterocycles.